The summed E-state index contributed by atoms with van der Waals surface area (Å²) in [6.45, 7) is 8.17. The van der Waals surface area contributed by atoms with E-state index in [-0.39, 0.29) is 5.54 Å². The van der Waals surface area contributed by atoms with Gasteiger partial charge in [-0.05, 0) is 33.6 Å². The Bertz CT molecular complexity index is 157. The molecule has 1 atom stereocenters. The zero-order valence-corrected chi connectivity index (χ0v) is 8.89. The average molecular weight is 187 g/mol. The first-order valence-electron chi connectivity index (χ1n) is 4.97. The topological polar surface area (TPSA) is 41.5 Å². The SMILES string of the molecule is CC(C)(C)NCC1(O)CCCOC1. The molecule has 0 saturated carbocycles. The average Bonchev–Trinajstić information content (AvgIpc) is 2.02. The smallest absolute Gasteiger partial charge is 0.100 e. The van der Waals surface area contributed by atoms with E-state index in [4.69, 9.17) is 4.74 Å². The van der Waals surface area contributed by atoms with Crippen molar-refractivity contribution in [2.24, 2.45) is 0 Å². The fourth-order valence-electron chi connectivity index (χ4n) is 1.41. The Hall–Kier alpha value is -0.120. The van der Waals surface area contributed by atoms with Gasteiger partial charge in [0, 0.05) is 18.7 Å². The minimum absolute atomic E-state index is 0.0627. The molecule has 3 heteroatoms. The molecule has 1 heterocycles. The Morgan fingerprint density at radius 3 is 2.62 bits per heavy atom. The molecule has 0 bridgehead atoms. The van der Waals surface area contributed by atoms with Gasteiger partial charge in [0.25, 0.3) is 0 Å². The fraction of sp³-hybridized carbons (Fsp3) is 1.00. The first-order chi connectivity index (χ1) is 5.91. The standard InChI is InChI=1S/C10H21NO2/c1-9(2,3)11-7-10(12)5-4-6-13-8-10/h11-12H,4-8H2,1-3H3. The van der Waals surface area contributed by atoms with E-state index in [9.17, 15) is 5.11 Å². The molecule has 2 N–H and O–H groups in total. The highest BCUT2D eigenvalue weighted by molar-refractivity contribution is 4.86. The van der Waals surface area contributed by atoms with Crippen molar-refractivity contribution in [1.82, 2.24) is 5.32 Å². The molecule has 1 fully saturated rings. The summed E-state index contributed by atoms with van der Waals surface area (Å²) in [6, 6.07) is 0. The number of aliphatic hydroxyl groups is 1. The van der Waals surface area contributed by atoms with Crippen molar-refractivity contribution < 1.29 is 9.84 Å². The van der Waals surface area contributed by atoms with Gasteiger partial charge in [-0.15, -0.1) is 0 Å². The van der Waals surface area contributed by atoms with Crippen LogP contribution in [0.1, 0.15) is 33.6 Å². The van der Waals surface area contributed by atoms with Crippen LogP contribution in [-0.2, 0) is 4.74 Å². The summed E-state index contributed by atoms with van der Waals surface area (Å²) in [4.78, 5) is 0. The molecule has 3 nitrogen and oxygen atoms in total. The molecule has 13 heavy (non-hydrogen) atoms. The number of hydrogen-bond donors (Lipinski definition) is 2. The molecular formula is C10H21NO2. The monoisotopic (exact) mass is 187 g/mol. The van der Waals surface area contributed by atoms with Gasteiger partial charge in [0.05, 0.1) is 6.61 Å². The zero-order chi connectivity index (χ0) is 9.95. The predicted molar refractivity (Wildman–Crippen MR) is 52.8 cm³/mol. The molecule has 0 aliphatic carbocycles. The van der Waals surface area contributed by atoms with Gasteiger partial charge in [-0.2, -0.15) is 0 Å². The van der Waals surface area contributed by atoms with Crippen LogP contribution in [0.25, 0.3) is 0 Å². The van der Waals surface area contributed by atoms with Gasteiger partial charge in [0.2, 0.25) is 0 Å². The number of β-amino-alcohol motifs (C(OH)–C–C–N with tert-alkyl or cyclic N) is 1. The summed E-state index contributed by atoms with van der Waals surface area (Å²) in [6.07, 6.45) is 1.80. The Balaban J connectivity index is 2.33. The van der Waals surface area contributed by atoms with Crippen molar-refractivity contribution in [2.75, 3.05) is 19.8 Å². The Morgan fingerprint density at radius 1 is 1.46 bits per heavy atom. The minimum Gasteiger partial charge on any atom is -0.386 e. The van der Waals surface area contributed by atoms with Crippen LogP contribution in [-0.4, -0.2) is 36.0 Å². The zero-order valence-electron chi connectivity index (χ0n) is 8.89. The number of nitrogens with one attached hydrogen (secondary N) is 1. The molecule has 1 aliphatic rings. The van der Waals surface area contributed by atoms with Crippen LogP contribution in [0.4, 0.5) is 0 Å². The minimum atomic E-state index is -0.647. The maximum Gasteiger partial charge on any atom is 0.100 e. The summed E-state index contributed by atoms with van der Waals surface area (Å²) in [5.41, 5.74) is -0.585. The third-order valence-corrected chi connectivity index (χ3v) is 2.25. The molecular weight excluding hydrogens is 166 g/mol. The molecule has 0 aromatic heterocycles. The van der Waals surface area contributed by atoms with Gasteiger partial charge in [0.1, 0.15) is 5.60 Å². The van der Waals surface area contributed by atoms with Gasteiger partial charge in [-0.1, -0.05) is 0 Å². The van der Waals surface area contributed by atoms with E-state index in [0.29, 0.717) is 13.2 Å². The summed E-state index contributed by atoms with van der Waals surface area (Å²) in [7, 11) is 0. The molecule has 0 aromatic rings. The summed E-state index contributed by atoms with van der Waals surface area (Å²) in [5, 5.41) is 13.3. The van der Waals surface area contributed by atoms with Crippen LogP contribution in [0.15, 0.2) is 0 Å². The second-order valence-electron chi connectivity index (χ2n) is 4.98. The highest BCUT2D eigenvalue weighted by Crippen LogP contribution is 2.18. The van der Waals surface area contributed by atoms with Crippen LogP contribution in [0.3, 0.4) is 0 Å². The molecule has 0 spiro atoms. The Labute approximate surface area is 80.5 Å². The van der Waals surface area contributed by atoms with Crippen molar-refractivity contribution in [2.45, 2.75) is 44.8 Å². The van der Waals surface area contributed by atoms with E-state index in [0.717, 1.165) is 19.4 Å². The lowest BCUT2D eigenvalue weighted by Crippen LogP contribution is -2.51. The summed E-state index contributed by atoms with van der Waals surface area (Å²) in [5.74, 6) is 0. The third kappa shape index (κ3) is 4.07. The lowest BCUT2D eigenvalue weighted by molar-refractivity contribution is -0.0855. The lowest BCUT2D eigenvalue weighted by Gasteiger charge is -2.35. The molecule has 0 aromatic carbocycles. The van der Waals surface area contributed by atoms with Gasteiger partial charge < -0.3 is 15.2 Å². The lowest BCUT2D eigenvalue weighted by atomic mass is 9.95. The molecule has 1 saturated heterocycles. The quantitative estimate of drug-likeness (QED) is 0.675. The Morgan fingerprint density at radius 2 is 2.15 bits per heavy atom. The largest absolute Gasteiger partial charge is 0.386 e. The van der Waals surface area contributed by atoms with Crippen LogP contribution in [0, 0.1) is 0 Å². The van der Waals surface area contributed by atoms with E-state index in [1.165, 1.54) is 0 Å². The van der Waals surface area contributed by atoms with Crippen LogP contribution >= 0.6 is 0 Å². The van der Waals surface area contributed by atoms with Crippen LogP contribution in [0.2, 0.25) is 0 Å². The molecule has 78 valence electrons. The van der Waals surface area contributed by atoms with Crippen molar-refractivity contribution in [3.05, 3.63) is 0 Å². The number of rotatable bonds is 2. The summed E-state index contributed by atoms with van der Waals surface area (Å²) < 4.78 is 5.26. The van der Waals surface area contributed by atoms with Crippen molar-refractivity contribution in [1.29, 1.82) is 0 Å². The molecule has 1 unspecified atom stereocenters. The van der Waals surface area contributed by atoms with Crippen molar-refractivity contribution in [3.8, 4) is 0 Å². The van der Waals surface area contributed by atoms with E-state index >= 15 is 0 Å². The first kappa shape index (κ1) is 11.0. The van der Waals surface area contributed by atoms with Crippen LogP contribution in [0.5, 0.6) is 0 Å². The van der Waals surface area contributed by atoms with E-state index in [2.05, 4.69) is 26.1 Å². The second kappa shape index (κ2) is 3.95. The summed E-state index contributed by atoms with van der Waals surface area (Å²) >= 11 is 0. The van der Waals surface area contributed by atoms with Gasteiger partial charge in [-0.25, -0.2) is 0 Å². The maximum atomic E-state index is 10.0. The second-order valence-corrected chi connectivity index (χ2v) is 4.98. The van der Waals surface area contributed by atoms with Crippen LogP contribution < -0.4 is 5.32 Å². The fourth-order valence-corrected chi connectivity index (χ4v) is 1.41. The van der Waals surface area contributed by atoms with Gasteiger partial charge in [0.15, 0.2) is 0 Å². The number of hydrogen-bond acceptors (Lipinski definition) is 3. The molecule has 1 aliphatic heterocycles. The molecule has 0 radical (unpaired) electrons. The first-order valence-corrected chi connectivity index (χ1v) is 4.97. The molecule has 1 rings (SSSR count). The van der Waals surface area contributed by atoms with Crippen molar-refractivity contribution >= 4 is 0 Å². The maximum absolute atomic E-state index is 10.0. The molecule has 0 amide bonds. The predicted octanol–water partition coefficient (Wildman–Crippen LogP) is 0.916. The highest BCUT2D eigenvalue weighted by Gasteiger charge is 2.30. The van der Waals surface area contributed by atoms with Gasteiger partial charge >= 0.3 is 0 Å². The highest BCUT2D eigenvalue weighted by atomic mass is 16.5. The van der Waals surface area contributed by atoms with E-state index < -0.39 is 5.60 Å². The van der Waals surface area contributed by atoms with Gasteiger partial charge in [-0.3, -0.25) is 0 Å². The third-order valence-electron chi connectivity index (χ3n) is 2.25. The Kier molecular flexibility index (Phi) is 3.33. The number of ether oxygens (including phenoxy) is 1. The van der Waals surface area contributed by atoms with E-state index in [1.54, 1.807) is 0 Å². The normalized spacial score (nSPS) is 30.5. The van der Waals surface area contributed by atoms with E-state index in [1.807, 2.05) is 0 Å². The van der Waals surface area contributed by atoms with Crippen molar-refractivity contribution in [3.63, 3.8) is 0 Å².